The summed E-state index contributed by atoms with van der Waals surface area (Å²) in [6, 6.07) is 7.74. The van der Waals surface area contributed by atoms with Gasteiger partial charge in [0.2, 0.25) is 11.8 Å². The number of hydrogen-bond acceptors (Lipinski definition) is 6. The normalized spacial score (nSPS) is 15.7. The smallest absolute Gasteiger partial charge is 0.231 e. The van der Waals surface area contributed by atoms with E-state index in [1.165, 1.54) is 0 Å². The maximum Gasteiger partial charge on any atom is 0.231 e. The average molecular weight is 387 g/mol. The molecule has 0 radical (unpaired) electrons. The molecule has 142 valence electrons. The maximum absolute atomic E-state index is 6.03. The van der Waals surface area contributed by atoms with Crippen LogP contribution < -0.4 is 4.90 Å². The minimum absolute atomic E-state index is 0.257. The molecule has 0 spiro atoms. The summed E-state index contributed by atoms with van der Waals surface area (Å²) in [5, 5.41) is 13.6. The minimum Gasteiger partial charge on any atom is -0.341 e. The number of piperidine rings is 1. The zero-order valence-corrected chi connectivity index (χ0v) is 16.5. The molecule has 1 saturated heterocycles. The molecule has 1 aromatic carbocycles. The summed E-state index contributed by atoms with van der Waals surface area (Å²) in [5.41, 5.74) is 1.01. The third-order valence-electron chi connectivity index (χ3n) is 4.99. The monoisotopic (exact) mass is 386 g/mol. The third-order valence-corrected chi connectivity index (χ3v) is 5.24. The van der Waals surface area contributed by atoms with Crippen molar-refractivity contribution in [2.75, 3.05) is 18.0 Å². The molecular weight excluding hydrogens is 364 g/mol. The van der Waals surface area contributed by atoms with E-state index >= 15 is 0 Å². The molecule has 0 N–H and O–H groups in total. The highest BCUT2D eigenvalue weighted by molar-refractivity contribution is 6.30. The molecule has 4 rings (SSSR count). The average Bonchev–Trinajstić information content (AvgIpc) is 3.30. The van der Waals surface area contributed by atoms with Gasteiger partial charge in [0.25, 0.3) is 0 Å². The topological polar surface area (TPSA) is 72.9 Å². The SMILES string of the molecule is Cc1nnc(N2CCC(c3noc(C(C)C)n3)CC2)n1-c1ccc(Cl)cc1. The number of anilines is 1. The molecule has 2 aromatic heterocycles. The van der Waals surface area contributed by atoms with Crippen LogP contribution in [0.1, 0.15) is 56.1 Å². The lowest BCUT2D eigenvalue weighted by Crippen LogP contribution is -2.35. The second-order valence-electron chi connectivity index (χ2n) is 7.27. The fourth-order valence-electron chi connectivity index (χ4n) is 3.43. The van der Waals surface area contributed by atoms with E-state index in [4.69, 9.17) is 16.1 Å². The van der Waals surface area contributed by atoms with E-state index < -0.39 is 0 Å². The lowest BCUT2D eigenvalue weighted by molar-refractivity contribution is 0.353. The number of hydrogen-bond donors (Lipinski definition) is 0. The van der Waals surface area contributed by atoms with E-state index in [0.29, 0.717) is 16.8 Å². The molecule has 0 atom stereocenters. The van der Waals surface area contributed by atoms with Gasteiger partial charge in [0.1, 0.15) is 5.82 Å². The number of aryl methyl sites for hydroxylation is 1. The zero-order valence-electron chi connectivity index (χ0n) is 15.8. The molecule has 0 aliphatic carbocycles. The molecule has 0 saturated carbocycles. The Kier molecular flexibility index (Phi) is 4.86. The molecule has 0 amide bonds. The molecule has 27 heavy (non-hydrogen) atoms. The minimum atomic E-state index is 0.257. The number of nitrogens with zero attached hydrogens (tertiary/aromatic N) is 6. The first kappa shape index (κ1) is 18.0. The largest absolute Gasteiger partial charge is 0.341 e. The van der Waals surface area contributed by atoms with Crippen LogP contribution in [0.3, 0.4) is 0 Å². The Morgan fingerprint density at radius 2 is 1.81 bits per heavy atom. The van der Waals surface area contributed by atoms with Gasteiger partial charge in [-0.1, -0.05) is 30.6 Å². The number of rotatable bonds is 4. The molecule has 8 heteroatoms. The number of halogens is 1. The van der Waals surface area contributed by atoms with Crippen molar-refractivity contribution in [1.82, 2.24) is 24.9 Å². The number of aromatic nitrogens is 5. The van der Waals surface area contributed by atoms with Crippen LogP contribution in [0.25, 0.3) is 5.69 Å². The summed E-state index contributed by atoms with van der Waals surface area (Å²) in [6.45, 7) is 7.84. The highest BCUT2D eigenvalue weighted by Gasteiger charge is 2.28. The maximum atomic E-state index is 6.03. The summed E-state index contributed by atoms with van der Waals surface area (Å²) in [5.74, 6) is 3.84. The van der Waals surface area contributed by atoms with E-state index in [1.54, 1.807) is 0 Å². The predicted octanol–water partition coefficient (Wildman–Crippen LogP) is 4.12. The van der Waals surface area contributed by atoms with Crippen LogP contribution in [0.4, 0.5) is 5.95 Å². The van der Waals surface area contributed by atoms with Crippen molar-refractivity contribution in [2.45, 2.75) is 45.4 Å². The van der Waals surface area contributed by atoms with Crippen molar-refractivity contribution in [2.24, 2.45) is 0 Å². The van der Waals surface area contributed by atoms with Gasteiger partial charge in [-0.25, -0.2) is 0 Å². The lowest BCUT2D eigenvalue weighted by atomic mass is 9.96. The van der Waals surface area contributed by atoms with Crippen LogP contribution >= 0.6 is 11.6 Å². The van der Waals surface area contributed by atoms with Gasteiger partial charge in [-0.05, 0) is 44.0 Å². The van der Waals surface area contributed by atoms with Gasteiger partial charge in [0.05, 0.1) is 5.69 Å². The zero-order chi connectivity index (χ0) is 19.0. The first-order valence-corrected chi connectivity index (χ1v) is 9.67. The Balaban J connectivity index is 1.51. The Hall–Kier alpha value is -2.41. The van der Waals surface area contributed by atoms with Gasteiger partial charge in [0.15, 0.2) is 5.82 Å². The van der Waals surface area contributed by atoms with Gasteiger partial charge < -0.3 is 9.42 Å². The van der Waals surface area contributed by atoms with Gasteiger partial charge in [-0.2, -0.15) is 4.98 Å². The van der Waals surface area contributed by atoms with E-state index in [2.05, 4.69) is 43.7 Å². The lowest BCUT2D eigenvalue weighted by Gasteiger charge is -2.31. The van der Waals surface area contributed by atoms with Gasteiger partial charge in [-0.3, -0.25) is 4.57 Å². The Morgan fingerprint density at radius 1 is 1.11 bits per heavy atom. The molecule has 1 aliphatic heterocycles. The predicted molar refractivity (Wildman–Crippen MR) is 104 cm³/mol. The van der Waals surface area contributed by atoms with E-state index in [0.717, 1.165) is 49.2 Å². The van der Waals surface area contributed by atoms with Crippen molar-refractivity contribution < 1.29 is 4.52 Å². The summed E-state index contributed by atoms with van der Waals surface area (Å²) in [4.78, 5) is 6.84. The second kappa shape index (κ2) is 7.31. The quantitative estimate of drug-likeness (QED) is 0.671. The van der Waals surface area contributed by atoms with Crippen LogP contribution in [0.5, 0.6) is 0 Å². The van der Waals surface area contributed by atoms with Crippen LogP contribution in [-0.2, 0) is 0 Å². The van der Waals surface area contributed by atoms with Gasteiger partial charge >= 0.3 is 0 Å². The Morgan fingerprint density at radius 3 is 2.44 bits per heavy atom. The highest BCUT2D eigenvalue weighted by Crippen LogP contribution is 2.30. The molecule has 1 aliphatic rings. The highest BCUT2D eigenvalue weighted by atomic mass is 35.5. The summed E-state index contributed by atoms with van der Waals surface area (Å²) >= 11 is 6.03. The summed E-state index contributed by atoms with van der Waals surface area (Å²) < 4.78 is 7.44. The van der Waals surface area contributed by atoms with Gasteiger partial charge in [0, 0.05) is 29.9 Å². The molecule has 3 heterocycles. The van der Waals surface area contributed by atoms with Crippen molar-refractivity contribution in [3.05, 3.63) is 46.8 Å². The summed E-state index contributed by atoms with van der Waals surface area (Å²) in [6.07, 6.45) is 1.92. The molecule has 0 bridgehead atoms. The summed E-state index contributed by atoms with van der Waals surface area (Å²) in [7, 11) is 0. The first-order chi connectivity index (χ1) is 13.0. The fraction of sp³-hybridized carbons (Fsp3) is 0.474. The first-order valence-electron chi connectivity index (χ1n) is 9.29. The van der Waals surface area contributed by atoms with Crippen LogP contribution in [-0.4, -0.2) is 38.0 Å². The van der Waals surface area contributed by atoms with Crippen LogP contribution in [0.2, 0.25) is 5.02 Å². The fourth-order valence-corrected chi connectivity index (χ4v) is 3.56. The van der Waals surface area contributed by atoms with Crippen molar-refractivity contribution in [3.63, 3.8) is 0 Å². The Labute approximate surface area is 163 Å². The van der Waals surface area contributed by atoms with Crippen molar-refractivity contribution in [3.8, 4) is 5.69 Å². The van der Waals surface area contributed by atoms with Crippen LogP contribution in [0, 0.1) is 6.92 Å². The van der Waals surface area contributed by atoms with Crippen molar-refractivity contribution >= 4 is 17.5 Å². The van der Waals surface area contributed by atoms with Crippen LogP contribution in [0.15, 0.2) is 28.8 Å². The number of benzene rings is 1. The Bertz CT molecular complexity index is 909. The van der Waals surface area contributed by atoms with E-state index in [-0.39, 0.29) is 5.92 Å². The molecular formula is C19H23ClN6O. The van der Waals surface area contributed by atoms with Crippen molar-refractivity contribution in [1.29, 1.82) is 0 Å². The second-order valence-corrected chi connectivity index (χ2v) is 7.70. The molecule has 3 aromatic rings. The molecule has 0 unspecified atom stereocenters. The van der Waals surface area contributed by atoms with E-state index in [9.17, 15) is 0 Å². The molecule has 1 fully saturated rings. The standard InChI is InChI=1S/C19H23ClN6O/c1-12(2)18-21-17(24-27-18)14-8-10-25(11-9-14)19-23-22-13(3)26(19)16-6-4-15(20)5-7-16/h4-7,12,14H,8-11H2,1-3H3. The molecule has 7 nitrogen and oxygen atoms in total. The van der Waals surface area contributed by atoms with E-state index in [1.807, 2.05) is 31.2 Å². The third kappa shape index (κ3) is 3.56. The van der Waals surface area contributed by atoms with Gasteiger partial charge in [-0.15, -0.1) is 10.2 Å².